The van der Waals surface area contributed by atoms with Gasteiger partial charge in [0.25, 0.3) is 0 Å². The topological polar surface area (TPSA) is 30.3 Å². The van der Waals surface area contributed by atoms with Gasteiger partial charge < -0.3 is 9.80 Å². The molecule has 7 aromatic carbocycles. The second-order valence-electron chi connectivity index (χ2n) is 17.3. The van der Waals surface area contributed by atoms with Crippen molar-refractivity contribution in [2.75, 3.05) is 9.80 Å². The highest BCUT2D eigenvalue weighted by molar-refractivity contribution is 5.94. The average molecular weight is 740 g/mol. The summed E-state index contributed by atoms with van der Waals surface area (Å²) in [6.45, 7) is 20.7. The van der Waals surface area contributed by atoms with Gasteiger partial charge >= 0.3 is 0 Å². The van der Waals surface area contributed by atoms with Gasteiger partial charge in [0.2, 0.25) is 0 Å². The van der Waals surface area contributed by atoms with Gasteiger partial charge in [-0.3, -0.25) is 0 Å². The normalized spacial score (nSPS) is 14.0. The van der Waals surface area contributed by atoms with Crippen molar-refractivity contribution in [1.82, 2.24) is 0 Å². The molecule has 0 N–H and O–H groups in total. The molecule has 0 bridgehead atoms. The number of rotatable bonds is 6. The Hall–Kier alpha value is -6.37. The molecule has 0 radical (unpaired) electrons. The quantitative estimate of drug-likeness (QED) is 0.170. The molecule has 7 aromatic rings. The molecule has 3 heteroatoms. The van der Waals surface area contributed by atoms with Crippen LogP contribution in [-0.2, 0) is 10.8 Å². The Morgan fingerprint density at radius 1 is 0.421 bits per heavy atom. The van der Waals surface area contributed by atoms with Crippen LogP contribution in [0.5, 0.6) is 0 Å². The number of nitriles is 1. The summed E-state index contributed by atoms with van der Waals surface area (Å²) < 4.78 is 0. The van der Waals surface area contributed by atoms with Crippen LogP contribution in [0, 0.1) is 45.9 Å². The predicted molar refractivity (Wildman–Crippen MR) is 239 cm³/mol. The van der Waals surface area contributed by atoms with Crippen LogP contribution in [0.1, 0.15) is 83.3 Å². The highest BCUT2D eigenvalue weighted by Crippen LogP contribution is 2.59. The van der Waals surface area contributed by atoms with Crippen LogP contribution >= 0.6 is 0 Å². The Kier molecular flexibility index (Phi) is 8.34. The Balaban J connectivity index is 1.19. The summed E-state index contributed by atoms with van der Waals surface area (Å²) in [5, 5.41) is 9.56. The van der Waals surface area contributed by atoms with Crippen LogP contribution in [0.2, 0.25) is 0 Å². The Bertz CT molecular complexity index is 2790. The lowest BCUT2D eigenvalue weighted by atomic mass is 9.79. The number of benzene rings is 7. The van der Waals surface area contributed by atoms with Gasteiger partial charge in [0.05, 0.1) is 11.6 Å². The molecule has 2 aliphatic rings. The molecule has 0 unspecified atom stereocenters. The number of aryl methyl sites for hydroxylation is 5. The molecule has 280 valence electrons. The molecule has 3 nitrogen and oxygen atoms in total. The maximum absolute atomic E-state index is 9.56. The molecule has 0 fully saturated rings. The first kappa shape index (κ1) is 36.3. The predicted octanol–water partition coefficient (Wildman–Crippen LogP) is 14.7. The first-order valence-electron chi connectivity index (χ1n) is 20.1. The number of para-hydroxylation sites is 2. The van der Waals surface area contributed by atoms with Crippen LogP contribution < -0.4 is 9.80 Å². The van der Waals surface area contributed by atoms with Crippen molar-refractivity contribution in [2.45, 2.75) is 73.1 Å². The van der Waals surface area contributed by atoms with Crippen LogP contribution in [-0.4, -0.2) is 0 Å². The van der Waals surface area contributed by atoms with E-state index in [1.54, 1.807) is 0 Å². The van der Waals surface area contributed by atoms with E-state index in [2.05, 4.69) is 200 Å². The van der Waals surface area contributed by atoms with E-state index < -0.39 is 0 Å². The fraction of sp³-hybridized carbons (Fsp3) is 0.204. The van der Waals surface area contributed by atoms with Gasteiger partial charge in [-0.15, -0.1) is 0 Å². The zero-order valence-corrected chi connectivity index (χ0v) is 34.5. The van der Waals surface area contributed by atoms with Crippen molar-refractivity contribution < 1.29 is 0 Å². The minimum atomic E-state index is -0.226. The molecule has 0 aromatic heterocycles. The lowest BCUT2D eigenvalue weighted by molar-refractivity contribution is 0.652. The fourth-order valence-corrected chi connectivity index (χ4v) is 9.70. The minimum absolute atomic E-state index is 0.205. The summed E-state index contributed by atoms with van der Waals surface area (Å²) in [6, 6.07) is 51.1. The van der Waals surface area contributed by atoms with Crippen molar-refractivity contribution in [3.63, 3.8) is 0 Å². The van der Waals surface area contributed by atoms with E-state index in [4.69, 9.17) is 0 Å². The monoisotopic (exact) mass is 739 g/mol. The molecule has 9 rings (SSSR count). The lowest BCUT2D eigenvalue weighted by Gasteiger charge is -2.30. The summed E-state index contributed by atoms with van der Waals surface area (Å²) >= 11 is 0. The number of anilines is 6. The van der Waals surface area contributed by atoms with Gasteiger partial charge in [0.15, 0.2) is 0 Å². The van der Waals surface area contributed by atoms with E-state index in [1.165, 1.54) is 83.7 Å². The molecule has 2 aliphatic carbocycles. The van der Waals surface area contributed by atoms with E-state index in [9.17, 15) is 5.26 Å². The van der Waals surface area contributed by atoms with Crippen molar-refractivity contribution in [1.29, 1.82) is 5.26 Å². The van der Waals surface area contributed by atoms with Crippen LogP contribution in [0.3, 0.4) is 0 Å². The minimum Gasteiger partial charge on any atom is -0.310 e. The van der Waals surface area contributed by atoms with Crippen molar-refractivity contribution in [2.24, 2.45) is 0 Å². The number of hydrogen-bond donors (Lipinski definition) is 0. The van der Waals surface area contributed by atoms with Gasteiger partial charge in [0.1, 0.15) is 0 Å². The zero-order chi connectivity index (χ0) is 40.0. The summed E-state index contributed by atoms with van der Waals surface area (Å²) in [5.41, 5.74) is 24.2. The second kappa shape index (κ2) is 13.1. The van der Waals surface area contributed by atoms with E-state index in [0.717, 1.165) is 22.7 Å². The molecule has 0 heterocycles. The molecule has 0 amide bonds. The first-order valence-corrected chi connectivity index (χ1v) is 20.1. The van der Waals surface area contributed by atoms with Crippen LogP contribution in [0.15, 0.2) is 133 Å². The summed E-state index contributed by atoms with van der Waals surface area (Å²) in [5.74, 6) is 0. The Morgan fingerprint density at radius 2 is 0.825 bits per heavy atom. The average Bonchev–Trinajstić information content (AvgIpc) is 3.56. The van der Waals surface area contributed by atoms with E-state index >= 15 is 0 Å². The van der Waals surface area contributed by atoms with Crippen molar-refractivity contribution >= 4 is 34.1 Å². The van der Waals surface area contributed by atoms with Crippen molar-refractivity contribution in [3.8, 4) is 28.3 Å². The number of fused-ring (bicyclic) bond motifs is 6. The molecular weight excluding hydrogens is 691 g/mol. The summed E-state index contributed by atoms with van der Waals surface area (Å²) in [7, 11) is 0. The Labute approximate surface area is 338 Å². The van der Waals surface area contributed by atoms with Crippen LogP contribution in [0.4, 0.5) is 34.1 Å². The number of nitrogens with zero attached hydrogens (tertiary/aromatic N) is 3. The van der Waals surface area contributed by atoms with Gasteiger partial charge in [-0.05, 0) is 186 Å². The molecule has 0 saturated carbocycles. The maximum atomic E-state index is 9.56. The van der Waals surface area contributed by atoms with Gasteiger partial charge in [0, 0.05) is 45.0 Å². The zero-order valence-electron chi connectivity index (χ0n) is 34.5. The summed E-state index contributed by atoms with van der Waals surface area (Å²) in [4.78, 5) is 4.78. The number of hydrogen-bond acceptors (Lipinski definition) is 3. The molecule has 0 spiro atoms. The standard InChI is InChI=1S/C54H49N3/c1-33-18-22-39(23-19-33)56(49-16-12-10-14-34(49)2)41-26-36(4)51-43-30-46-44(31-45(43)53(6,7)47(51)28-41)52-37(5)27-42(29-48(52)54(46,8)9)57(50-17-13-11-15-35(50)3)40-24-20-38(32-55)21-25-40/h10-31H,1-9H3. The second-order valence-corrected chi connectivity index (χ2v) is 17.3. The fourth-order valence-electron chi connectivity index (χ4n) is 9.70. The van der Waals surface area contributed by atoms with Crippen LogP contribution in [0.25, 0.3) is 22.3 Å². The molecular formula is C54H49N3. The van der Waals surface area contributed by atoms with Crippen molar-refractivity contribution in [3.05, 3.63) is 189 Å². The SMILES string of the molecule is Cc1ccc(N(c2cc(C)c3c(c2)C(C)(C)c2cc4c(cc2-3)C(C)(C)c2cc(N(c3ccc(C#N)cc3)c3ccccc3C)cc(C)c2-4)c2ccccc2C)cc1. The third-order valence-electron chi connectivity index (χ3n) is 12.8. The first-order chi connectivity index (χ1) is 27.3. The third-order valence-corrected chi connectivity index (χ3v) is 12.8. The Morgan fingerprint density at radius 3 is 1.23 bits per heavy atom. The van der Waals surface area contributed by atoms with E-state index in [-0.39, 0.29) is 10.8 Å². The van der Waals surface area contributed by atoms with Gasteiger partial charge in [-0.1, -0.05) is 81.8 Å². The van der Waals surface area contributed by atoms with E-state index in [0.29, 0.717) is 5.56 Å². The highest BCUT2D eigenvalue weighted by Gasteiger charge is 2.43. The van der Waals surface area contributed by atoms with Gasteiger partial charge in [-0.2, -0.15) is 5.26 Å². The molecule has 0 saturated heterocycles. The molecule has 0 atom stereocenters. The third kappa shape index (κ3) is 5.61. The molecule has 57 heavy (non-hydrogen) atoms. The van der Waals surface area contributed by atoms with Gasteiger partial charge in [-0.25, -0.2) is 0 Å². The largest absolute Gasteiger partial charge is 0.310 e. The highest BCUT2D eigenvalue weighted by atomic mass is 15.1. The maximum Gasteiger partial charge on any atom is 0.0991 e. The summed E-state index contributed by atoms with van der Waals surface area (Å²) in [6.07, 6.45) is 0. The smallest absolute Gasteiger partial charge is 0.0991 e. The van der Waals surface area contributed by atoms with E-state index in [1.807, 2.05) is 12.1 Å². The molecule has 0 aliphatic heterocycles. The lowest BCUT2D eigenvalue weighted by Crippen LogP contribution is -2.18.